The normalized spacial score (nSPS) is 15.2. The van der Waals surface area contributed by atoms with Crippen molar-refractivity contribution in [3.05, 3.63) is 59.2 Å². The van der Waals surface area contributed by atoms with Crippen molar-refractivity contribution in [2.75, 3.05) is 18.4 Å². The lowest BCUT2D eigenvalue weighted by atomic mass is 10.1. The summed E-state index contributed by atoms with van der Waals surface area (Å²) in [5.74, 6) is 0.455. The molecule has 2 amide bonds. The highest BCUT2D eigenvalue weighted by Gasteiger charge is 2.24. The Bertz CT molecular complexity index is 886. The van der Waals surface area contributed by atoms with E-state index in [0.29, 0.717) is 23.4 Å². The van der Waals surface area contributed by atoms with Gasteiger partial charge < -0.3 is 15.0 Å². The van der Waals surface area contributed by atoms with Crippen LogP contribution in [-0.4, -0.2) is 35.9 Å². The fourth-order valence-corrected chi connectivity index (χ4v) is 3.75. The number of anilines is 1. The summed E-state index contributed by atoms with van der Waals surface area (Å²) in [6.07, 6.45) is 4.28. The van der Waals surface area contributed by atoms with Crippen LogP contribution in [0.2, 0.25) is 0 Å². The summed E-state index contributed by atoms with van der Waals surface area (Å²) in [6.45, 7) is 7.43. The van der Waals surface area contributed by atoms with Crippen LogP contribution in [0.1, 0.15) is 60.5 Å². The van der Waals surface area contributed by atoms with Crippen molar-refractivity contribution in [3.8, 4) is 5.75 Å². The van der Waals surface area contributed by atoms with E-state index in [-0.39, 0.29) is 11.8 Å². The molecule has 1 heterocycles. The van der Waals surface area contributed by atoms with Gasteiger partial charge in [0.2, 0.25) is 0 Å². The number of nitrogens with one attached hydrogen (secondary N) is 1. The molecule has 5 nitrogen and oxygen atoms in total. The van der Waals surface area contributed by atoms with Gasteiger partial charge in [-0.25, -0.2) is 0 Å². The Morgan fingerprint density at radius 1 is 1.03 bits per heavy atom. The zero-order valence-corrected chi connectivity index (χ0v) is 18.2. The van der Waals surface area contributed by atoms with E-state index in [9.17, 15) is 9.59 Å². The van der Waals surface area contributed by atoms with Gasteiger partial charge in [-0.1, -0.05) is 44.0 Å². The first-order valence-corrected chi connectivity index (χ1v) is 10.9. The van der Waals surface area contributed by atoms with Crippen LogP contribution in [0.4, 0.5) is 5.69 Å². The third-order valence-electron chi connectivity index (χ3n) is 5.58. The molecule has 5 heteroatoms. The molecule has 1 N–H and O–H groups in total. The fourth-order valence-electron chi connectivity index (χ4n) is 3.75. The molecule has 1 atom stereocenters. The van der Waals surface area contributed by atoms with E-state index >= 15 is 0 Å². The van der Waals surface area contributed by atoms with Gasteiger partial charge in [0.1, 0.15) is 5.75 Å². The number of likely N-dealkylation sites (tertiary alicyclic amines) is 1. The summed E-state index contributed by atoms with van der Waals surface area (Å²) in [5.41, 5.74) is 3.15. The first-order chi connectivity index (χ1) is 14.5. The maximum atomic E-state index is 13.1. The van der Waals surface area contributed by atoms with Gasteiger partial charge in [0.05, 0.1) is 11.3 Å². The van der Waals surface area contributed by atoms with E-state index in [4.69, 9.17) is 4.74 Å². The molecule has 2 aromatic rings. The Morgan fingerprint density at radius 2 is 1.73 bits per heavy atom. The lowest BCUT2D eigenvalue weighted by Gasteiger charge is -2.23. The predicted molar refractivity (Wildman–Crippen MR) is 120 cm³/mol. The van der Waals surface area contributed by atoms with Crippen molar-refractivity contribution < 1.29 is 14.3 Å². The number of aryl methyl sites for hydroxylation is 2. The summed E-state index contributed by atoms with van der Waals surface area (Å²) in [6, 6.07) is 13.2. The number of hydrogen-bond acceptors (Lipinski definition) is 3. The quantitative estimate of drug-likeness (QED) is 0.722. The maximum absolute atomic E-state index is 13.1. The summed E-state index contributed by atoms with van der Waals surface area (Å²) < 4.78 is 6.04. The Morgan fingerprint density at radius 3 is 2.43 bits per heavy atom. The molecule has 0 bridgehead atoms. The lowest BCUT2D eigenvalue weighted by Crippen LogP contribution is -2.35. The molecule has 30 heavy (non-hydrogen) atoms. The number of rotatable bonds is 6. The molecule has 160 valence electrons. The molecule has 1 aliphatic heterocycles. The van der Waals surface area contributed by atoms with E-state index in [0.717, 1.165) is 49.9 Å². The maximum Gasteiger partial charge on any atom is 0.265 e. The van der Waals surface area contributed by atoms with Crippen LogP contribution in [0.5, 0.6) is 5.75 Å². The molecule has 0 saturated carbocycles. The predicted octanol–water partition coefficient (Wildman–Crippen LogP) is 5.12. The minimum Gasteiger partial charge on any atom is -0.480 e. The van der Waals surface area contributed by atoms with Gasteiger partial charge in [-0.15, -0.1) is 0 Å². The van der Waals surface area contributed by atoms with Crippen molar-refractivity contribution in [1.29, 1.82) is 0 Å². The second-order valence-corrected chi connectivity index (χ2v) is 8.02. The highest BCUT2D eigenvalue weighted by Crippen LogP contribution is 2.23. The molecule has 3 rings (SSSR count). The van der Waals surface area contributed by atoms with Crippen LogP contribution < -0.4 is 10.1 Å². The number of ether oxygens (including phenoxy) is 1. The first kappa shape index (κ1) is 21.9. The largest absolute Gasteiger partial charge is 0.480 e. The van der Waals surface area contributed by atoms with Gasteiger partial charge in [0.25, 0.3) is 11.8 Å². The van der Waals surface area contributed by atoms with Crippen LogP contribution in [-0.2, 0) is 4.79 Å². The standard InChI is InChI=1S/C25H32N2O3/c1-4-22(30-23-17-18(2)13-14-19(23)3)24(28)26-21-12-8-7-11-20(21)25(29)27-15-9-5-6-10-16-27/h7-8,11-14,17,22H,4-6,9-10,15-16H2,1-3H3,(H,26,28). The van der Waals surface area contributed by atoms with Gasteiger partial charge in [0.15, 0.2) is 6.10 Å². The van der Waals surface area contributed by atoms with E-state index < -0.39 is 6.10 Å². The average molecular weight is 409 g/mol. The van der Waals surface area contributed by atoms with E-state index in [1.165, 1.54) is 0 Å². The van der Waals surface area contributed by atoms with Crippen LogP contribution in [0.15, 0.2) is 42.5 Å². The van der Waals surface area contributed by atoms with Crippen molar-refractivity contribution in [1.82, 2.24) is 4.90 Å². The van der Waals surface area contributed by atoms with Crippen LogP contribution >= 0.6 is 0 Å². The molecule has 0 radical (unpaired) electrons. The molecule has 0 spiro atoms. The molecule has 2 aromatic carbocycles. The van der Waals surface area contributed by atoms with Gasteiger partial charge in [-0.05, 0) is 62.4 Å². The van der Waals surface area contributed by atoms with Gasteiger partial charge in [-0.3, -0.25) is 9.59 Å². The minimum absolute atomic E-state index is 0.0173. The molecule has 0 aromatic heterocycles. The zero-order chi connectivity index (χ0) is 21.5. The fraction of sp³-hybridized carbons (Fsp3) is 0.440. The molecule has 1 saturated heterocycles. The average Bonchev–Trinajstić information content (AvgIpc) is 3.03. The SMILES string of the molecule is CCC(Oc1cc(C)ccc1C)C(=O)Nc1ccccc1C(=O)N1CCCCCC1. The number of nitrogens with zero attached hydrogens (tertiary/aromatic N) is 1. The lowest BCUT2D eigenvalue weighted by molar-refractivity contribution is -0.122. The number of amides is 2. The Hall–Kier alpha value is -2.82. The van der Waals surface area contributed by atoms with Crippen LogP contribution in [0.3, 0.4) is 0 Å². The molecule has 0 aliphatic carbocycles. The van der Waals surface area contributed by atoms with E-state index in [1.807, 2.05) is 56.0 Å². The highest BCUT2D eigenvalue weighted by atomic mass is 16.5. The van der Waals surface area contributed by atoms with E-state index in [1.54, 1.807) is 12.1 Å². The number of para-hydroxylation sites is 1. The molecular weight excluding hydrogens is 376 g/mol. The number of benzene rings is 2. The van der Waals surface area contributed by atoms with Gasteiger partial charge in [0, 0.05) is 13.1 Å². The highest BCUT2D eigenvalue weighted by molar-refractivity contribution is 6.04. The molecule has 1 fully saturated rings. The van der Waals surface area contributed by atoms with Gasteiger partial charge >= 0.3 is 0 Å². The van der Waals surface area contributed by atoms with Crippen LogP contribution in [0, 0.1) is 13.8 Å². The smallest absolute Gasteiger partial charge is 0.265 e. The van der Waals surface area contributed by atoms with Crippen molar-refractivity contribution in [2.24, 2.45) is 0 Å². The van der Waals surface area contributed by atoms with Crippen molar-refractivity contribution >= 4 is 17.5 Å². The number of carbonyl (C=O) groups excluding carboxylic acids is 2. The second-order valence-electron chi connectivity index (χ2n) is 8.02. The van der Waals surface area contributed by atoms with Gasteiger partial charge in [-0.2, -0.15) is 0 Å². The Kier molecular flexibility index (Phi) is 7.50. The molecular formula is C25H32N2O3. The minimum atomic E-state index is -0.633. The molecule has 1 unspecified atom stereocenters. The summed E-state index contributed by atoms with van der Waals surface area (Å²) in [7, 11) is 0. The second kappa shape index (κ2) is 10.3. The zero-order valence-electron chi connectivity index (χ0n) is 18.2. The summed E-state index contributed by atoms with van der Waals surface area (Å²) in [5, 5.41) is 2.94. The van der Waals surface area contributed by atoms with E-state index in [2.05, 4.69) is 5.32 Å². The Balaban J connectivity index is 1.75. The Labute approximate surface area is 179 Å². The van der Waals surface area contributed by atoms with Crippen molar-refractivity contribution in [3.63, 3.8) is 0 Å². The summed E-state index contributed by atoms with van der Waals surface area (Å²) in [4.78, 5) is 28.0. The van der Waals surface area contributed by atoms with Crippen LogP contribution in [0.25, 0.3) is 0 Å². The first-order valence-electron chi connectivity index (χ1n) is 10.9. The topological polar surface area (TPSA) is 58.6 Å². The number of carbonyl (C=O) groups is 2. The number of hydrogen-bond donors (Lipinski definition) is 1. The monoisotopic (exact) mass is 408 g/mol. The molecule has 1 aliphatic rings. The summed E-state index contributed by atoms with van der Waals surface area (Å²) >= 11 is 0. The third kappa shape index (κ3) is 5.41. The third-order valence-corrected chi connectivity index (χ3v) is 5.58. The van der Waals surface area contributed by atoms with Crippen molar-refractivity contribution in [2.45, 2.75) is 59.0 Å².